The lowest BCUT2D eigenvalue weighted by Gasteiger charge is -2.30. The van der Waals surface area contributed by atoms with Gasteiger partial charge in [-0.25, -0.2) is 13.2 Å². The molecule has 1 aromatic heterocycles. The molecule has 1 aliphatic heterocycles. The Morgan fingerprint density at radius 3 is 2.45 bits per heavy atom. The van der Waals surface area contributed by atoms with E-state index in [0.717, 1.165) is 27.6 Å². The topological polar surface area (TPSA) is 87.1 Å². The molecule has 1 aliphatic rings. The fraction of sp³-hybridized carbons (Fsp3) is 0.286. The highest BCUT2D eigenvalue weighted by atomic mass is 79.9. The summed E-state index contributed by atoms with van der Waals surface area (Å²) in [7, 11) is -3.90. The van der Waals surface area contributed by atoms with E-state index >= 15 is 0 Å². The Labute approximate surface area is 193 Å². The molecule has 7 nitrogen and oxygen atoms in total. The minimum absolute atomic E-state index is 0.0434. The molecule has 1 fully saturated rings. The number of ether oxygens (including phenoxy) is 1. The van der Waals surface area contributed by atoms with E-state index in [9.17, 15) is 13.2 Å². The lowest BCUT2D eigenvalue weighted by atomic mass is 10.2. The van der Waals surface area contributed by atoms with Crippen molar-refractivity contribution in [3.63, 3.8) is 0 Å². The number of rotatable bonds is 7. The van der Waals surface area contributed by atoms with E-state index in [4.69, 9.17) is 9.84 Å². The SMILES string of the molecule is O=C(O)c1ccc(S(=O)(=O)N(CCN2CCOCC2)c2sc3ccccc3c2Br)cc1. The number of fused-ring (bicyclic) bond motifs is 1. The van der Waals surface area contributed by atoms with E-state index in [-0.39, 0.29) is 17.0 Å². The maximum Gasteiger partial charge on any atom is 0.335 e. The fourth-order valence-corrected chi connectivity index (χ4v) is 7.30. The molecule has 2 aromatic carbocycles. The number of carbonyl (C=O) groups is 1. The molecule has 0 unspecified atom stereocenters. The molecule has 0 amide bonds. The van der Waals surface area contributed by atoms with E-state index in [1.807, 2.05) is 24.3 Å². The van der Waals surface area contributed by atoms with Crippen LogP contribution in [0.25, 0.3) is 10.1 Å². The van der Waals surface area contributed by atoms with Crippen molar-refractivity contribution < 1.29 is 23.1 Å². The number of carboxylic acids is 1. The first-order chi connectivity index (χ1) is 14.9. The summed E-state index contributed by atoms with van der Waals surface area (Å²) in [6.45, 7) is 3.63. The third-order valence-electron chi connectivity index (χ3n) is 5.16. The molecule has 0 saturated carbocycles. The van der Waals surface area contributed by atoms with Gasteiger partial charge in [0.2, 0.25) is 0 Å². The van der Waals surface area contributed by atoms with Crippen LogP contribution in [0, 0.1) is 0 Å². The number of sulfonamides is 1. The van der Waals surface area contributed by atoms with Gasteiger partial charge in [0, 0.05) is 36.3 Å². The summed E-state index contributed by atoms with van der Waals surface area (Å²) in [6, 6.07) is 13.1. The van der Waals surface area contributed by atoms with Crippen molar-refractivity contribution >= 4 is 58.3 Å². The van der Waals surface area contributed by atoms with Crippen LogP contribution >= 0.6 is 27.3 Å². The largest absolute Gasteiger partial charge is 0.478 e. The van der Waals surface area contributed by atoms with Crippen molar-refractivity contribution in [3.8, 4) is 0 Å². The second-order valence-corrected chi connectivity index (χ2v) is 10.8. The smallest absolute Gasteiger partial charge is 0.335 e. The summed E-state index contributed by atoms with van der Waals surface area (Å²) in [5.41, 5.74) is 0.0434. The van der Waals surface area contributed by atoms with Crippen molar-refractivity contribution in [3.05, 3.63) is 58.6 Å². The first-order valence-corrected chi connectivity index (χ1v) is 12.8. The molecule has 164 valence electrons. The standard InChI is InChI=1S/C21H21BrN2O5S2/c22-19-17-3-1-2-4-18(17)30-20(19)24(10-9-23-11-13-29-14-12-23)31(27,28)16-7-5-15(6-8-16)21(25)26/h1-8H,9-14H2,(H,25,26). The number of carboxylic acid groups (broad SMARTS) is 1. The van der Waals surface area contributed by atoms with E-state index in [1.165, 1.54) is 39.9 Å². The number of hydrogen-bond acceptors (Lipinski definition) is 6. The molecule has 0 aliphatic carbocycles. The fourth-order valence-electron chi connectivity index (χ4n) is 3.45. The van der Waals surface area contributed by atoms with Crippen LogP contribution in [0.1, 0.15) is 10.4 Å². The van der Waals surface area contributed by atoms with E-state index in [1.54, 1.807) is 0 Å². The lowest BCUT2D eigenvalue weighted by Crippen LogP contribution is -2.43. The molecule has 10 heteroatoms. The van der Waals surface area contributed by atoms with Crippen LogP contribution in [-0.4, -0.2) is 63.8 Å². The molecular formula is C21H21BrN2O5S2. The molecule has 31 heavy (non-hydrogen) atoms. The second kappa shape index (κ2) is 9.25. The molecule has 0 spiro atoms. The number of nitrogens with zero attached hydrogens (tertiary/aromatic N) is 2. The minimum atomic E-state index is -3.90. The maximum absolute atomic E-state index is 13.6. The van der Waals surface area contributed by atoms with Crippen molar-refractivity contribution in [2.45, 2.75) is 4.90 Å². The van der Waals surface area contributed by atoms with E-state index in [0.29, 0.717) is 24.8 Å². The summed E-state index contributed by atoms with van der Waals surface area (Å²) in [6.07, 6.45) is 0. The maximum atomic E-state index is 13.6. The molecule has 0 atom stereocenters. The average molecular weight is 525 g/mol. The Bertz CT molecular complexity index is 1190. The van der Waals surface area contributed by atoms with Crippen LogP contribution in [-0.2, 0) is 14.8 Å². The molecule has 3 aromatic rings. The Morgan fingerprint density at radius 1 is 1.13 bits per heavy atom. The Hall–Kier alpha value is -1.98. The van der Waals surface area contributed by atoms with Crippen LogP contribution in [0.15, 0.2) is 57.9 Å². The summed E-state index contributed by atoms with van der Waals surface area (Å²) in [5.74, 6) is -1.10. The Kier molecular flexibility index (Phi) is 6.63. The van der Waals surface area contributed by atoms with E-state index < -0.39 is 16.0 Å². The van der Waals surface area contributed by atoms with Gasteiger partial charge in [0.05, 0.1) is 28.1 Å². The van der Waals surface area contributed by atoms with Crippen molar-refractivity contribution in [1.82, 2.24) is 4.90 Å². The zero-order valence-corrected chi connectivity index (χ0v) is 19.7. The number of hydrogen-bond donors (Lipinski definition) is 1. The van der Waals surface area contributed by atoms with Crippen LogP contribution in [0.4, 0.5) is 5.00 Å². The normalized spacial score (nSPS) is 15.3. The van der Waals surface area contributed by atoms with Crippen LogP contribution in [0.3, 0.4) is 0 Å². The first kappa shape index (κ1) is 22.2. The lowest BCUT2D eigenvalue weighted by molar-refractivity contribution is 0.0395. The van der Waals surface area contributed by atoms with Crippen LogP contribution < -0.4 is 4.31 Å². The Morgan fingerprint density at radius 2 is 1.81 bits per heavy atom. The molecular weight excluding hydrogens is 504 g/mol. The van der Waals surface area contributed by atoms with Gasteiger partial charge in [0.15, 0.2) is 0 Å². The predicted octanol–water partition coefficient (Wildman–Crippen LogP) is 3.89. The Balaban J connectivity index is 1.73. The minimum Gasteiger partial charge on any atom is -0.478 e. The van der Waals surface area contributed by atoms with Gasteiger partial charge in [-0.05, 0) is 46.3 Å². The first-order valence-electron chi connectivity index (χ1n) is 9.71. The molecule has 1 N–H and O–H groups in total. The van der Waals surface area contributed by atoms with Crippen molar-refractivity contribution in [2.75, 3.05) is 43.7 Å². The average Bonchev–Trinajstić information content (AvgIpc) is 3.11. The van der Waals surface area contributed by atoms with Crippen molar-refractivity contribution in [2.24, 2.45) is 0 Å². The van der Waals surface area contributed by atoms with Gasteiger partial charge in [-0.3, -0.25) is 9.21 Å². The quantitative estimate of drug-likeness (QED) is 0.504. The summed E-state index contributed by atoms with van der Waals surface area (Å²) in [4.78, 5) is 13.4. The highest BCUT2D eigenvalue weighted by Crippen LogP contribution is 2.43. The number of aromatic carboxylic acids is 1. The van der Waals surface area contributed by atoms with Gasteiger partial charge in [-0.15, -0.1) is 11.3 Å². The molecule has 4 rings (SSSR count). The van der Waals surface area contributed by atoms with Crippen LogP contribution in [0.2, 0.25) is 0 Å². The van der Waals surface area contributed by atoms with Gasteiger partial charge in [0.1, 0.15) is 5.00 Å². The summed E-state index contributed by atoms with van der Waals surface area (Å²) in [5, 5.41) is 10.7. The second-order valence-electron chi connectivity index (χ2n) is 7.08. The van der Waals surface area contributed by atoms with E-state index in [2.05, 4.69) is 20.8 Å². The molecule has 0 radical (unpaired) electrons. The number of anilines is 1. The summed E-state index contributed by atoms with van der Waals surface area (Å²) < 4.78 is 35.8. The van der Waals surface area contributed by atoms with Gasteiger partial charge >= 0.3 is 5.97 Å². The third-order valence-corrected chi connectivity index (χ3v) is 9.34. The summed E-state index contributed by atoms with van der Waals surface area (Å²) >= 11 is 5.02. The predicted molar refractivity (Wildman–Crippen MR) is 125 cm³/mol. The molecule has 0 bridgehead atoms. The molecule has 2 heterocycles. The number of thiophene rings is 1. The van der Waals surface area contributed by atoms with Crippen molar-refractivity contribution in [1.29, 1.82) is 0 Å². The third kappa shape index (κ3) is 4.63. The zero-order chi connectivity index (χ0) is 22.0. The highest BCUT2D eigenvalue weighted by Gasteiger charge is 2.29. The number of morpholine rings is 1. The van der Waals surface area contributed by atoms with Crippen LogP contribution in [0.5, 0.6) is 0 Å². The van der Waals surface area contributed by atoms with Gasteiger partial charge in [-0.1, -0.05) is 18.2 Å². The van der Waals surface area contributed by atoms with Gasteiger partial charge in [0.25, 0.3) is 10.0 Å². The zero-order valence-electron chi connectivity index (χ0n) is 16.5. The molecule has 1 saturated heterocycles. The van der Waals surface area contributed by atoms with Gasteiger partial charge < -0.3 is 9.84 Å². The highest BCUT2D eigenvalue weighted by molar-refractivity contribution is 9.10. The number of benzene rings is 2. The van der Waals surface area contributed by atoms with Gasteiger partial charge in [-0.2, -0.15) is 0 Å². The number of halogens is 1. The monoisotopic (exact) mass is 524 g/mol.